The maximum atomic E-state index is 12.7. The topological polar surface area (TPSA) is 86.7 Å². The van der Waals surface area contributed by atoms with Crippen LogP contribution in [0.5, 0.6) is 5.75 Å². The van der Waals surface area contributed by atoms with Gasteiger partial charge in [-0.2, -0.15) is 4.31 Å². The first-order valence-corrected chi connectivity index (χ1v) is 8.94. The molecule has 0 unspecified atom stereocenters. The number of amides is 1. The maximum Gasteiger partial charge on any atom is 0.243 e. The van der Waals surface area contributed by atoms with Gasteiger partial charge in [0.1, 0.15) is 5.75 Å². The molecule has 0 aromatic heterocycles. The fraction of sp³-hybridized carbons (Fsp3) is 0.533. The van der Waals surface area contributed by atoms with Crippen molar-refractivity contribution in [3.8, 4) is 5.75 Å². The van der Waals surface area contributed by atoms with Crippen LogP contribution in [0.25, 0.3) is 0 Å². The van der Waals surface area contributed by atoms with Gasteiger partial charge in [0.25, 0.3) is 0 Å². The summed E-state index contributed by atoms with van der Waals surface area (Å²) in [5, 5.41) is 11.9. The van der Waals surface area contributed by atoms with E-state index >= 15 is 0 Å². The number of rotatable bonds is 10. The van der Waals surface area contributed by atoms with Gasteiger partial charge >= 0.3 is 0 Å². The van der Waals surface area contributed by atoms with Crippen LogP contribution >= 0.6 is 0 Å². The Morgan fingerprint density at radius 2 is 1.77 bits per heavy atom. The minimum absolute atomic E-state index is 0.0712. The summed E-state index contributed by atoms with van der Waals surface area (Å²) >= 11 is 0. The van der Waals surface area contributed by atoms with Gasteiger partial charge in [0.15, 0.2) is 0 Å². The molecule has 6 nitrogen and oxygen atoms in total. The highest BCUT2D eigenvalue weighted by Crippen LogP contribution is 2.27. The molecule has 0 saturated carbocycles. The molecule has 0 heterocycles. The monoisotopic (exact) mass is 328 g/mol. The summed E-state index contributed by atoms with van der Waals surface area (Å²) in [4.78, 5) is 10.6. The molecule has 0 aliphatic carbocycles. The van der Waals surface area contributed by atoms with Gasteiger partial charge in [-0.05, 0) is 31.0 Å². The van der Waals surface area contributed by atoms with E-state index in [2.05, 4.69) is 5.32 Å². The number of anilines is 1. The van der Waals surface area contributed by atoms with Gasteiger partial charge in [0, 0.05) is 13.1 Å². The Hall–Kier alpha value is -1.60. The first-order valence-electron chi connectivity index (χ1n) is 7.50. The van der Waals surface area contributed by atoms with E-state index in [1.807, 2.05) is 13.8 Å². The molecule has 0 saturated heterocycles. The lowest BCUT2D eigenvalue weighted by Gasteiger charge is -2.22. The Bertz CT molecular complexity index is 579. The summed E-state index contributed by atoms with van der Waals surface area (Å²) in [6, 6.07) is 3.91. The maximum absolute atomic E-state index is 12.7. The van der Waals surface area contributed by atoms with E-state index in [-0.39, 0.29) is 16.3 Å². The van der Waals surface area contributed by atoms with Crippen molar-refractivity contribution in [1.29, 1.82) is 0 Å². The largest absolute Gasteiger partial charge is 0.506 e. The number of carbonyl (C=O) groups excluding carboxylic acids is 1. The molecule has 0 aliphatic heterocycles. The van der Waals surface area contributed by atoms with E-state index in [1.54, 1.807) is 0 Å². The van der Waals surface area contributed by atoms with Crippen LogP contribution in [0.2, 0.25) is 0 Å². The quantitative estimate of drug-likeness (QED) is 0.510. The minimum atomic E-state index is -3.64. The molecule has 22 heavy (non-hydrogen) atoms. The van der Waals surface area contributed by atoms with Crippen LogP contribution in [0.1, 0.15) is 39.5 Å². The number of unbranched alkanes of at least 4 members (excludes halogenated alkanes) is 2. The zero-order valence-corrected chi connectivity index (χ0v) is 13.9. The van der Waals surface area contributed by atoms with Crippen LogP contribution in [-0.4, -0.2) is 37.3 Å². The van der Waals surface area contributed by atoms with Crippen molar-refractivity contribution in [2.75, 3.05) is 18.4 Å². The van der Waals surface area contributed by atoms with Crippen molar-refractivity contribution < 1.29 is 18.3 Å². The second kappa shape index (κ2) is 8.75. The normalized spacial score (nSPS) is 11.6. The summed E-state index contributed by atoms with van der Waals surface area (Å²) in [7, 11) is -3.64. The molecular formula is C15H24N2O4S. The Morgan fingerprint density at radius 1 is 1.18 bits per heavy atom. The summed E-state index contributed by atoms with van der Waals surface area (Å²) in [5.74, 6) is -0.167. The number of nitrogens with one attached hydrogen (secondary N) is 1. The van der Waals surface area contributed by atoms with Crippen molar-refractivity contribution in [3.63, 3.8) is 0 Å². The SMILES string of the molecule is CCCCN(CCCC)S(=O)(=O)c1ccc(O)c(NC=O)c1. The lowest BCUT2D eigenvalue weighted by molar-refractivity contribution is -0.105. The first kappa shape index (κ1) is 18.4. The summed E-state index contributed by atoms with van der Waals surface area (Å²) in [6.07, 6.45) is 3.80. The summed E-state index contributed by atoms with van der Waals surface area (Å²) < 4.78 is 26.9. The Balaban J connectivity index is 3.11. The predicted octanol–water partition coefficient (Wildman–Crippen LogP) is 2.55. The van der Waals surface area contributed by atoms with Gasteiger partial charge in [-0.1, -0.05) is 26.7 Å². The number of phenolic OH excluding ortho intramolecular Hbond substituents is 1. The molecule has 1 rings (SSSR count). The number of hydrogen-bond acceptors (Lipinski definition) is 4. The molecule has 7 heteroatoms. The predicted molar refractivity (Wildman–Crippen MR) is 86.4 cm³/mol. The fourth-order valence-electron chi connectivity index (χ4n) is 2.02. The molecule has 0 bridgehead atoms. The molecular weight excluding hydrogens is 304 g/mol. The van der Waals surface area contributed by atoms with Crippen molar-refractivity contribution in [3.05, 3.63) is 18.2 Å². The van der Waals surface area contributed by atoms with Crippen LogP contribution in [0.4, 0.5) is 5.69 Å². The summed E-state index contributed by atoms with van der Waals surface area (Å²) in [6.45, 7) is 4.96. The molecule has 0 aliphatic rings. The lowest BCUT2D eigenvalue weighted by Crippen LogP contribution is -2.33. The Kier molecular flexibility index (Phi) is 7.34. The van der Waals surface area contributed by atoms with Crippen molar-refractivity contribution in [1.82, 2.24) is 4.31 Å². The van der Waals surface area contributed by atoms with E-state index in [1.165, 1.54) is 22.5 Å². The minimum Gasteiger partial charge on any atom is -0.506 e. The van der Waals surface area contributed by atoms with Crippen molar-refractivity contribution >= 4 is 22.1 Å². The van der Waals surface area contributed by atoms with Gasteiger partial charge in [-0.25, -0.2) is 8.42 Å². The third kappa shape index (κ3) is 4.71. The van der Waals surface area contributed by atoms with E-state index in [4.69, 9.17) is 0 Å². The average Bonchev–Trinajstić information content (AvgIpc) is 2.49. The number of nitrogens with zero attached hydrogens (tertiary/aromatic N) is 1. The number of aromatic hydroxyl groups is 1. The Labute approximate surface area is 132 Å². The second-order valence-electron chi connectivity index (χ2n) is 5.05. The average molecular weight is 328 g/mol. The number of sulfonamides is 1. The van der Waals surface area contributed by atoms with E-state index in [9.17, 15) is 18.3 Å². The highest BCUT2D eigenvalue weighted by Gasteiger charge is 2.24. The molecule has 2 N–H and O–H groups in total. The number of carbonyl (C=O) groups is 1. The van der Waals surface area contributed by atoms with Crippen molar-refractivity contribution in [2.45, 2.75) is 44.4 Å². The zero-order valence-electron chi connectivity index (χ0n) is 13.1. The smallest absolute Gasteiger partial charge is 0.243 e. The number of benzene rings is 1. The van der Waals surface area contributed by atoms with Gasteiger partial charge in [-0.15, -0.1) is 0 Å². The highest BCUT2D eigenvalue weighted by molar-refractivity contribution is 7.89. The molecule has 0 fully saturated rings. The van der Waals surface area contributed by atoms with Gasteiger partial charge in [0.2, 0.25) is 16.4 Å². The lowest BCUT2D eigenvalue weighted by atomic mass is 10.3. The van der Waals surface area contributed by atoms with Gasteiger partial charge in [-0.3, -0.25) is 4.79 Å². The van der Waals surface area contributed by atoms with Crippen LogP contribution in [0, 0.1) is 0 Å². The number of phenols is 1. The molecule has 1 aromatic carbocycles. The van der Waals surface area contributed by atoms with Gasteiger partial charge in [0.05, 0.1) is 10.6 Å². The van der Waals surface area contributed by atoms with Crippen molar-refractivity contribution in [2.24, 2.45) is 0 Å². The zero-order chi connectivity index (χ0) is 16.6. The number of hydrogen-bond donors (Lipinski definition) is 2. The third-order valence-electron chi connectivity index (χ3n) is 3.34. The van der Waals surface area contributed by atoms with E-state index < -0.39 is 10.0 Å². The molecule has 1 amide bonds. The molecule has 1 aromatic rings. The third-order valence-corrected chi connectivity index (χ3v) is 5.24. The second-order valence-corrected chi connectivity index (χ2v) is 6.99. The van der Waals surface area contributed by atoms with Gasteiger partial charge < -0.3 is 10.4 Å². The highest BCUT2D eigenvalue weighted by atomic mass is 32.2. The van der Waals surface area contributed by atoms with Crippen LogP contribution in [0.3, 0.4) is 0 Å². The van der Waals surface area contributed by atoms with Crippen LogP contribution in [0.15, 0.2) is 23.1 Å². The van der Waals surface area contributed by atoms with Crippen LogP contribution in [-0.2, 0) is 14.8 Å². The Morgan fingerprint density at radius 3 is 2.27 bits per heavy atom. The first-order chi connectivity index (χ1) is 10.5. The molecule has 0 radical (unpaired) electrons. The fourth-order valence-corrected chi connectivity index (χ4v) is 3.57. The molecule has 0 spiro atoms. The van der Waals surface area contributed by atoms with E-state index in [0.29, 0.717) is 19.5 Å². The molecule has 0 atom stereocenters. The van der Waals surface area contributed by atoms with Crippen LogP contribution < -0.4 is 5.32 Å². The van der Waals surface area contributed by atoms with E-state index in [0.717, 1.165) is 25.7 Å². The standard InChI is InChI=1S/C15H24N2O4S/c1-3-5-9-17(10-6-4-2)22(20,21)13-7-8-15(19)14(11-13)16-12-18/h7-8,11-12,19H,3-6,9-10H2,1-2H3,(H,16,18). The molecule has 124 valence electrons. The summed E-state index contributed by atoms with van der Waals surface area (Å²) in [5.41, 5.74) is 0.0852.